The summed E-state index contributed by atoms with van der Waals surface area (Å²) >= 11 is 0. The van der Waals surface area contributed by atoms with Crippen molar-refractivity contribution in [3.63, 3.8) is 0 Å². The van der Waals surface area contributed by atoms with Crippen molar-refractivity contribution in [2.75, 3.05) is 13.9 Å². The summed E-state index contributed by atoms with van der Waals surface area (Å²) in [6.07, 6.45) is 12.9. The van der Waals surface area contributed by atoms with Crippen molar-refractivity contribution in [2.45, 2.75) is 91.6 Å². The number of fused-ring (bicyclic) bond motifs is 5. The van der Waals surface area contributed by atoms with Crippen molar-refractivity contribution < 1.29 is 14.3 Å². The topological polar surface area (TPSA) is 35.5 Å². The molecule has 4 aliphatic rings. The van der Waals surface area contributed by atoms with Crippen LogP contribution in [-0.4, -0.2) is 25.8 Å². The second-order valence-electron chi connectivity index (χ2n) is 11.1. The van der Waals surface area contributed by atoms with Crippen LogP contribution in [0, 0.1) is 40.4 Å². The molecule has 3 heteroatoms. The zero-order valence-electron chi connectivity index (χ0n) is 19.3. The fourth-order valence-electron chi connectivity index (χ4n) is 8.51. The van der Waals surface area contributed by atoms with Crippen LogP contribution < -0.4 is 0 Å². The maximum absolute atomic E-state index is 12.1. The molecule has 164 valence electrons. The van der Waals surface area contributed by atoms with Gasteiger partial charge >= 0.3 is 0 Å². The molecule has 0 aliphatic heterocycles. The standard InChI is InChI=1S/C26H42O3/c1-6-7-17(2)21-10-11-22-20-9-8-18-14-19(27)12-13-25(18,3)23(20)15-24(26(21,22)4)29-16-28-5/h14,17,20-24H,6-13,15-16H2,1-5H3/t17-,20?,21?,22?,23?,24+,25?,26?/m1/s1. The molecule has 0 bridgehead atoms. The summed E-state index contributed by atoms with van der Waals surface area (Å²) in [7, 11) is 1.74. The van der Waals surface area contributed by atoms with Gasteiger partial charge in [0.1, 0.15) is 6.79 Å². The lowest BCUT2D eigenvalue weighted by atomic mass is 9.45. The second kappa shape index (κ2) is 8.11. The fourth-order valence-corrected chi connectivity index (χ4v) is 8.51. The minimum atomic E-state index is 0.194. The molecule has 0 aromatic rings. The summed E-state index contributed by atoms with van der Waals surface area (Å²) in [6.45, 7) is 10.2. The highest BCUT2D eigenvalue weighted by atomic mass is 16.7. The van der Waals surface area contributed by atoms with Gasteiger partial charge in [0, 0.05) is 18.9 Å². The molecule has 3 nitrogen and oxygen atoms in total. The minimum absolute atomic E-state index is 0.194. The first-order chi connectivity index (χ1) is 13.9. The van der Waals surface area contributed by atoms with Crippen molar-refractivity contribution in [1.29, 1.82) is 0 Å². The number of allylic oxidation sites excluding steroid dienone is 1. The lowest BCUT2D eigenvalue weighted by Gasteiger charge is -2.61. The summed E-state index contributed by atoms with van der Waals surface area (Å²) < 4.78 is 11.9. The number of rotatable bonds is 6. The van der Waals surface area contributed by atoms with Gasteiger partial charge < -0.3 is 9.47 Å². The van der Waals surface area contributed by atoms with Gasteiger partial charge in [-0.2, -0.15) is 0 Å². The average Bonchev–Trinajstić information content (AvgIpc) is 3.05. The van der Waals surface area contributed by atoms with E-state index in [4.69, 9.17) is 9.47 Å². The Balaban J connectivity index is 1.69. The number of ether oxygens (including phenoxy) is 2. The van der Waals surface area contributed by atoms with E-state index in [-0.39, 0.29) is 16.9 Å². The van der Waals surface area contributed by atoms with Crippen LogP contribution in [0.5, 0.6) is 0 Å². The first-order valence-electron chi connectivity index (χ1n) is 12.2. The molecule has 0 aromatic carbocycles. The molecule has 0 amide bonds. The lowest BCUT2D eigenvalue weighted by molar-refractivity contribution is -0.193. The van der Waals surface area contributed by atoms with E-state index in [9.17, 15) is 4.79 Å². The molecule has 0 saturated heterocycles. The first-order valence-corrected chi connectivity index (χ1v) is 12.2. The highest BCUT2D eigenvalue weighted by molar-refractivity contribution is 5.91. The molecule has 29 heavy (non-hydrogen) atoms. The van der Waals surface area contributed by atoms with E-state index >= 15 is 0 Å². The van der Waals surface area contributed by atoms with Crippen LogP contribution in [-0.2, 0) is 14.3 Å². The molecule has 3 fully saturated rings. The van der Waals surface area contributed by atoms with Crippen LogP contribution in [0.3, 0.4) is 0 Å². The van der Waals surface area contributed by atoms with Gasteiger partial charge in [0.05, 0.1) is 6.10 Å². The number of carbonyl (C=O) groups is 1. The van der Waals surface area contributed by atoms with Gasteiger partial charge in [-0.15, -0.1) is 0 Å². The monoisotopic (exact) mass is 402 g/mol. The van der Waals surface area contributed by atoms with Gasteiger partial charge in [0.2, 0.25) is 0 Å². The summed E-state index contributed by atoms with van der Waals surface area (Å²) in [4.78, 5) is 12.1. The smallest absolute Gasteiger partial charge is 0.155 e. The third-order valence-electron chi connectivity index (χ3n) is 9.92. The van der Waals surface area contributed by atoms with Crippen molar-refractivity contribution in [3.05, 3.63) is 11.6 Å². The van der Waals surface area contributed by atoms with E-state index in [1.54, 1.807) is 7.11 Å². The maximum Gasteiger partial charge on any atom is 0.155 e. The zero-order valence-corrected chi connectivity index (χ0v) is 19.3. The molecular weight excluding hydrogens is 360 g/mol. The third-order valence-corrected chi connectivity index (χ3v) is 9.92. The lowest BCUT2D eigenvalue weighted by Crippen LogP contribution is -2.57. The maximum atomic E-state index is 12.1. The molecular formula is C26H42O3. The first kappa shape index (κ1) is 21.6. The summed E-state index contributed by atoms with van der Waals surface area (Å²) in [5, 5.41) is 0. The minimum Gasteiger partial charge on any atom is -0.359 e. The van der Waals surface area contributed by atoms with Crippen LogP contribution in [0.15, 0.2) is 11.6 Å². The van der Waals surface area contributed by atoms with Crippen LogP contribution in [0.4, 0.5) is 0 Å². The van der Waals surface area contributed by atoms with Gasteiger partial charge in [-0.1, -0.05) is 46.1 Å². The van der Waals surface area contributed by atoms with Crippen LogP contribution in [0.2, 0.25) is 0 Å². The normalized spacial score (nSPS) is 45.2. The number of methoxy groups -OCH3 is 1. The summed E-state index contributed by atoms with van der Waals surface area (Å²) in [6, 6.07) is 0. The third kappa shape index (κ3) is 3.35. The number of hydrogen-bond acceptors (Lipinski definition) is 3. The molecule has 4 aliphatic carbocycles. The SMILES string of the molecule is CCC[C@@H](C)C1CCC2C3CCC4=CC(=O)CCC4(C)C3C[C@H](OCOC)C21C. The van der Waals surface area contributed by atoms with E-state index in [1.807, 2.05) is 6.08 Å². The highest BCUT2D eigenvalue weighted by Crippen LogP contribution is 2.68. The Labute approximate surface area is 178 Å². The Hall–Kier alpha value is -0.670. The molecule has 0 aromatic heterocycles. The predicted molar refractivity (Wildman–Crippen MR) is 116 cm³/mol. The molecule has 0 radical (unpaired) electrons. The second-order valence-corrected chi connectivity index (χ2v) is 11.1. The summed E-state index contributed by atoms with van der Waals surface area (Å²) in [5.41, 5.74) is 1.90. The molecule has 8 atom stereocenters. The van der Waals surface area contributed by atoms with Gasteiger partial charge in [0.25, 0.3) is 0 Å². The molecule has 6 unspecified atom stereocenters. The van der Waals surface area contributed by atoms with E-state index < -0.39 is 0 Å². The van der Waals surface area contributed by atoms with E-state index in [2.05, 4.69) is 27.7 Å². The fraction of sp³-hybridized carbons (Fsp3) is 0.885. The highest BCUT2D eigenvalue weighted by Gasteiger charge is 2.63. The zero-order chi connectivity index (χ0) is 20.8. The van der Waals surface area contributed by atoms with E-state index in [0.717, 1.165) is 49.4 Å². The quantitative estimate of drug-likeness (QED) is 0.498. The van der Waals surface area contributed by atoms with Crippen molar-refractivity contribution in [3.8, 4) is 0 Å². The summed E-state index contributed by atoms with van der Waals surface area (Å²) in [5.74, 6) is 4.06. The van der Waals surface area contributed by atoms with Crippen molar-refractivity contribution >= 4 is 5.78 Å². The van der Waals surface area contributed by atoms with Crippen LogP contribution in [0.1, 0.15) is 85.5 Å². The van der Waals surface area contributed by atoms with Gasteiger partial charge in [0.15, 0.2) is 5.78 Å². The number of hydrogen-bond donors (Lipinski definition) is 0. The van der Waals surface area contributed by atoms with Crippen LogP contribution >= 0.6 is 0 Å². The molecule has 3 saturated carbocycles. The Bertz CT molecular complexity index is 654. The number of ketones is 1. The van der Waals surface area contributed by atoms with Crippen molar-refractivity contribution in [1.82, 2.24) is 0 Å². The largest absolute Gasteiger partial charge is 0.359 e. The number of carbonyl (C=O) groups excluding carboxylic acids is 1. The Morgan fingerprint density at radius 1 is 1.17 bits per heavy atom. The van der Waals surface area contributed by atoms with Crippen LogP contribution in [0.25, 0.3) is 0 Å². The Morgan fingerprint density at radius 2 is 1.97 bits per heavy atom. The average molecular weight is 403 g/mol. The predicted octanol–water partition coefficient (Wildman–Crippen LogP) is 6.17. The van der Waals surface area contributed by atoms with Gasteiger partial charge in [-0.25, -0.2) is 0 Å². The molecule has 0 heterocycles. The Morgan fingerprint density at radius 3 is 2.69 bits per heavy atom. The molecule has 0 spiro atoms. The van der Waals surface area contributed by atoms with E-state index in [0.29, 0.717) is 18.5 Å². The Kier molecular flexibility index (Phi) is 6.03. The van der Waals surface area contributed by atoms with Gasteiger partial charge in [-0.3, -0.25) is 4.79 Å². The molecule has 4 rings (SSSR count). The van der Waals surface area contributed by atoms with E-state index in [1.165, 1.54) is 37.7 Å². The van der Waals surface area contributed by atoms with Gasteiger partial charge in [-0.05, 0) is 79.6 Å². The molecule has 0 N–H and O–H groups in total. The van der Waals surface area contributed by atoms with Crippen molar-refractivity contribution in [2.24, 2.45) is 40.4 Å².